The summed E-state index contributed by atoms with van der Waals surface area (Å²) in [6.07, 6.45) is 5.88. The number of hydrogen-bond donors (Lipinski definition) is 3. The van der Waals surface area contributed by atoms with E-state index in [9.17, 15) is 9.59 Å². The van der Waals surface area contributed by atoms with Gasteiger partial charge in [-0.1, -0.05) is 19.3 Å². The van der Waals surface area contributed by atoms with E-state index in [4.69, 9.17) is 11.5 Å². The standard InChI is InChI=1S/C12H23N3O2/c1-8(13)12(17)15-10(7-11(14)16)9-5-3-2-4-6-9/h8-10H,2-7,13H2,1H3,(H2,14,16)(H,15,17)/t8-,10?/m0/s1. The second-order valence-corrected chi connectivity index (χ2v) is 4.97. The first-order chi connectivity index (χ1) is 8.00. The normalized spacial score (nSPS) is 20.6. The minimum absolute atomic E-state index is 0.147. The Labute approximate surface area is 102 Å². The lowest BCUT2D eigenvalue weighted by Gasteiger charge is -2.30. The van der Waals surface area contributed by atoms with E-state index >= 15 is 0 Å². The lowest BCUT2D eigenvalue weighted by atomic mass is 9.82. The summed E-state index contributed by atoms with van der Waals surface area (Å²) in [6.45, 7) is 1.64. The van der Waals surface area contributed by atoms with Gasteiger partial charge in [-0.25, -0.2) is 0 Å². The molecule has 1 aliphatic carbocycles. The van der Waals surface area contributed by atoms with E-state index in [0.717, 1.165) is 25.7 Å². The zero-order chi connectivity index (χ0) is 12.8. The maximum Gasteiger partial charge on any atom is 0.236 e. The Balaban J connectivity index is 2.58. The van der Waals surface area contributed by atoms with E-state index in [1.807, 2.05) is 0 Å². The van der Waals surface area contributed by atoms with Gasteiger partial charge in [-0.3, -0.25) is 9.59 Å². The van der Waals surface area contributed by atoms with Gasteiger partial charge in [0.05, 0.1) is 6.04 Å². The molecule has 0 heterocycles. The molecule has 0 aliphatic heterocycles. The van der Waals surface area contributed by atoms with Gasteiger partial charge in [-0.15, -0.1) is 0 Å². The Bertz CT molecular complexity index is 273. The van der Waals surface area contributed by atoms with Gasteiger partial charge in [0.15, 0.2) is 0 Å². The minimum atomic E-state index is -0.547. The SMILES string of the molecule is C[C@H](N)C(=O)NC(CC(N)=O)C1CCCCC1. The first-order valence-corrected chi connectivity index (χ1v) is 6.35. The van der Waals surface area contributed by atoms with Gasteiger partial charge in [0.2, 0.25) is 11.8 Å². The number of amides is 2. The van der Waals surface area contributed by atoms with Crippen LogP contribution < -0.4 is 16.8 Å². The first kappa shape index (κ1) is 14.0. The molecule has 0 aromatic rings. The zero-order valence-electron chi connectivity index (χ0n) is 10.4. The van der Waals surface area contributed by atoms with Crippen molar-refractivity contribution in [3.8, 4) is 0 Å². The lowest BCUT2D eigenvalue weighted by molar-refractivity contribution is -0.124. The maximum atomic E-state index is 11.6. The van der Waals surface area contributed by atoms with Crippen molar-refractivity contribution in [2.75, 3.05) is 0 Å². The molecular weight excluding hydrogens is 218 g/mol. The number of carbonyl (C=O) groups excluding carboxylic acids is 2. The van der Waals surface area contributed by atoms with Crippen LogP contribution in [0.3, 0.4) is 0 Å². The molecule has 0 radical (unpaired) electrons. The van der Waals surface area contributed by atoms with Crippen molar-refractivity contribution in [3.05, 3.63) is 0 Å². The predicted octanol–water partition coefficient (Wildman–Crippen LogP) is 0.274. The van der Waals surface area contributed by atoms with Crippen LogP contribution in [-0.4, -0.2) is 23.9 Å². The summed E-state index contributed by atoms with van der Waals surface area (Å²) in [5.41, 5.74) is 10.7. The number of hydrogen-bond acceptors (Lipinski definition) is 3. The van der Waals surface area contributed by atoms with E-state index < -0.39 is 6.04 Å². The summed E-state index contributed by atoms with van der Waals surface area (Å²) in [5.74, 6) is -0.216. The monoisotopic (exact) mass is 241 g/mol. The average Bonchev–Trinajstić information content (AvgIpc) is 2.28. The van der Waals surface area contributed by atoms with Crippen LogP contribution in [0.25, 0.3) is 0 Å². The predicted molar refractivity (Wildman–Crippen MR) is 66.0 cm³/mol. The van der Waals surface area contributed by atoms with Crippen LogP contribution in [0.5, 0.6) is 0 Å². The third-order valence-corrected chi connectivity index (χ3v) is 3.38. The molecule has 0 aromatic heterocycles. The van der Waals surface area contributed by atoms with Crippen LogP contribution in [-0.2, 0) is 9.59 Å². The third kappa shape index (κ3) is 4.73. The Morgan fingerprint density at radius 3 is 2.35 bits per heavy atom. The summed E-state index contributed by atoms with van der Waals surface area (Å²) in [7, 11) is 0. The first-order valence-electron chi connectivity index (χ1n) is 6.35. The fourth-order valence-corrected chi connectivity index (χ4v) is 2.40. The van der Waals surface area contributed by atoms with Crippen LogP contribution in [0.4, 0.5) is 0 Å². The van der Waals surface area contributed by atoms with Crippen LogP contribution >= 0.6 is 0 Å². The minimum Gasteiger partial charge on any atom is -0.370 e. The lowest BCUT2D eigenvalue weighted by Crippen LogP contribution is -2.48. The molecule has 0 bridgehead atoms. The van der Waals surface area contributed by atoms with Crippen molar-refractivity contribution >= 4 is 11.8 Å². The zero-order valence-corrected chi connectivity index (χ0v) is 10.4. The van der Waals surface area contributed by atoms with Gasteiger partial charge in [0.25, 0.3) is 0 Å². The highest BCUT2D eigenvalue weighted by atomic mass is 16.2. The van der Waals surface area contributed by atoms with E-state index in [1.165, 1.54) is 6.42 Å². The highest BCUT2D eigenvalue weighted by molar-refractivity contribution is 5.82. The topological polar surface area (TPSA) is 98.2 Å². The second-order valence-electron chi connectivity index (χ2n) is 4.97. The summed E-state index contributed by atoms with van der Waals surface area (Å²) in [4.78, 5) is 22.6. The highest BCUT2D eigenvalue weighted by Crippen LogP contribution is 2.27. The Kier molecular flexibility index (Phi) is 5.41. The van der Waals surface area contributed by atoms with Gasteiger partial charge in [-0.2, -0.15) is 0 Å². The molecule has 0 aromatic carbocycles. The maximum absolute atomic E-state index is 11.6. The van der Waals surface area contributed by atoms with E-state index in [-0.39, 0.29) is 24.3 Å². The van der Waals surface area contributed by atoms with Crippen molar-refractivity contribution < 1.29 is 9.59 Å². The van der Waals surface area contributed by atoms with Gasteiger partial charge >= 0.3 is 0 Å². The number of carbonyl (C=O) groups is 2. The van der Waals surface area contributed by atoms with Gasteiger partial charge in [0, 0.05) is 12.5 Å². The van der Waals surface area contributed by atoms with E-state index in [2.05, 4.69) is 5.32 Å². The van der Waals surface area contributed by atoms with Gasteiger partial charge in [-0.05, 0) is 25.7 Å². The highest BCUT2D eigenvalue weighted by Gasteiger charge is 2.27. The van der Waals surface area contributed by atoms with Crippen LogP contribution in [0.2, 0.25) is 0 Å². The fourth-order valence-electron chi connectivity index (χ4n) is 2.40. The second kappa shape index (κ2) is 6.59. The molecule has 1 aliphatic rings. The molecule has 2 atom stereocenters. The molecule has 1 fully saturated rings. The summed E-state index contributed by atoms with van der Waals surface area (Å²) >= 11 is 0. The van der Waals surface area contributed by atoms with Gasteiger partial charge < -0.3 is 16.8 Å². The van der Waals surface area contributed by atoms with Gasteiger partial charge in [0.1, 0.15) is 0 Å². The molecule has 5 heteroatoms. The molecule has 1 unspecified atom stereocenters. The molecular formula is C12H23N3O2. The Morgan fingerprint density at radius 1 is 1.29 bits per heavy atom. The molecule has 2 amide bonds. The van der Waals surface area contributed by atoms with E-state index in [1.54, 1.807) is 6.92 Å². The quantitative estimate of drug-likeness (QED) is 0.644. The molecule has 98 valence electrons. The molecule has 0 saturated heterocycles. The van der Waals surface area contributed by atoms with Crippen molar-refractivity contribution in [2.45, 2.75) is 57.5 Å². The molecule has 5 N–H and O–H groups in total. The molecule has 1 saturated carbocycles. The van der Waals surface area contributed by atoms with Crippen molar-refractivity contribution in [3.63, 3.8) is 0 Å². The van der Waals surface area contributed by atoms with Crippen molar-refractivity contribution in [1.29, 1.82) is 0 Å². The molecule has 0 spiro atoms. The smallest absolute Gasteiger partial charge is 0.236 e. The Hall–Kier alpha value is -1.10. The Morgan fingerprint density at radius 2 is 1.88 bits per heavy atom. The summed E-state index contributed by atoms with van der Waals surface area (Å²) in [6, 6.07) is -0.694. The molecule has 1 rings (SSSR count). The third-order valence-electron chi connectivity index (χ3n) is 3.38. The largest absolute Gasteiger partial charge is 0.370 e. The fraction of sp³-hybridized carbons (Fsp3) is 0.833. The van der Waals surface area contributed by atoms with Crippen LogP contribution in [0.15, 0.2) is 0 Å². The van der Waals surface area contributed by atoms with Crippen LogP contribution in [0.1, 0.15) is 45.4 Å². The summed E-state index contributed by atoms with van der Waals surface area (Å²) in [5, 5.41) is 2.85. The average molecular weight is 241 g/mol. The number of nitrogens with two attached hydrogens (primary N) is 2. The molecule has 17 heavy (non-hydrogen) atoms. The van der Waals surface area contributed by atoms with Crippen molar-refractivity contribution in [1.82, 2.24) is 5.32 Å². The molecule has 5 nitrogen and oxygen atoms in total. The van der Waals surface area contributed by atoms with E-state index in [0.29, 0.717) is 5.92 Å². The number of rotatable bonds is 5. The number of nitrogens with one attached hydrogen (secondary N) is 1. The summed E-state index contributed by atoms with van der Waals surface area (Å²) < 4.78 is 0. The number of primary amides is 1. The van der Waals surface area contributed by atoms with Crippen LogP contribution in [0, 0.1) is 5.92 Å². The van der Waals surface area contributed by atoms with Crippen molar-refractivity contribution in [2.24, 2.45) is 17.4 Å².